The summed E-state index contributed by atoms with van der Waals surface area (Å²) in [5.74, 6) is 0. The molecule has 0 radical (unpaired) electrons. The van der Waals surface area contributed by atoms with Gasteiger partial charge in [0.05, 0.1) is 0 Å². The highest BCUT2D eigenvalue weighted by atomic mass is 14.6. The summed E-state index contributed by atoms with van der Waals surface area (Å²) < 4.78 is 0. The summed E-state index contributed by atoms with van der Waals surface area (Å²) in [6, 6.07) is 7.08. The maximum absolute atomic E-state index is 5.89. The Hall–Kier alpha value is -0.820. The second kappa shape index (κ2) is 5.01. The van der Waals surface area contributed by atoms with Crippen LogP contribution in [-0.2, 0) is 6.42 Å². The molecule has 0 fully saturated rings. The zero-order chi connectivity index (χ0) is 12.3. The molecular formula is C15H25N. The topological polar surface area (TPSA) is 26.0 Å². The fourth-order valence-corrected chi connectivity index (χ4v) is 2.67. The van der Waals surface area contributed by atoms with Crippen LogP contribution in [0, 0.1) is 19.3 Å². The van der Waals surface area contributed by atoms with E-state index in [2.05, 4.69) is 52.8 Å². The third-order valence-corrected chi connectivity index (χ3v) is 2.84. The molecule has 2 N–H and O–H groups in total. The first-order valence-electron chi connectivity index (χ1n) is 6.11. The normalized spacial score (nSPS) is 13.9. The summed E-state index contributed by atoms with van der Waals surface area (Å²) in [5, 5.41) is 0. The Morgan fingerprint density at radius 1 is 1.12 bits per heavy atom. The molecule has 1 nitrogen and oxygen atoms in total. The zero-order valence-electron chi connectivity index (χ0n) is 11.3. The number of aryl methyl sites for hydroxylation is 2. The van der Waals surface area contributed by atoms with Gasteiger partial charge in [0.1, 0.15) is 0 Å². The lowest BCUT2D eigenvalue weighted by molar-refractivity contribution is 0.309. The average molecular weight is 219 g/mol. The molecule has 0 saturated heterocycles. The van der Waals surface area contributed by atoms with Gasteiger partial charge in [0, 0.05) is 6.04 Å². The van der Waals surface area contributed by atoms with Gasteiger partial charge in [-0.2, -0.15) is 0 Å². The van der Waals surface area contributed by atoms with Gasteiger partial charge >= 0.3 is 0 Å². The van der Waals surface area contributed by atoms with Crippen LogP contribution in [0.2, 0.25) is 0 Å². The highest BCUT2D eigenvalue weighted by molar-refractivity contribution is 5.29. The third kappa shape index (κ3) is 4.36. The largest absolute Gasteiger partial charge is 0.328 e. The molecule has 0 bridgehead atoms. The van der Waals surface area contributed by atoms with E-state index in [1.165, 1.54) is 16.7 Å². The van der Waals surface area contributed by atoms with Crippen molar-refractivity contribution in [3.8, 4) is 0 Å². The summed E-state index contributed by atoms with van der Waals surface area (Å²) in [4.78, 5) is 0. The summed E-state index contributed by atoms with van der Waals surface area (Å²) >= 11 is 0. The summed E-state index contributed by atoms with van der Waals surface area (Å²) in [6.45, 7) is 11.0. The Bertz CT molecular complexity index is 330. The lowest BCUT2D eigenvalue weighted by Crippen LogP contribution is -2.26. The molecule has 1 heteroatoms. The molecule has 1 unspecified atom stereocenters. The van der Waals surface area contributed by atoms with Gasteiger partial charge < -0.3 is 5.73 Å². The Kier molecular flexibility index (Phi) is 4.15. The van der Waals surface area contributed by atoms with E-state index in [1.807, 2.05) is 0 Å². The first-order valence-corrected chi connectivity index (χ1v) is 6.11. The molecular weight excluding hydrogens is 194 g/mol. The van der Waals surface area contributed by atoms with E-state index < -0.39 is 0 Å². The monoisotopic (exact) mass is 219 g/mol. The van der Waals surface area contributed by atoms with E-state index in [4.69, 9.17) is 5.73 Å². The molecule has 0 saturated carbocycles. The standard InChI is InChI=1S/C15H25N/c1-11-6-12(2)8-14(7-11)10-15(4,5)9-13(3)16/h6-8,13H,9-10,16H2,1-5H3. The van der Waals surface area contributed by atoms with Crippen molar-refractivity contribution in [3.63, 3.8) is 0 Å². The molecule has 0 aliphatic carbocycles. The molecule has 0 heterocycles. The number of benzene rings is 1. The Balaban J connectivity index is 2.79. The number of hydrogen-bond acceptors (Lipinski definition) is 1. The lowest BCUT2D eigenvalue weighted by Gasteiger charge is -2.27. The fourth-order valence-electron chi connectivity index (χ4n) is 2.67. The van der Waals surface area contributed by atoms with Crippen molar-refractivity contribution in [1.29, 1.82) is 0 Å². The maximum atomic E-state index is 5.89. The number of hydrogen-bond donors (Lipinski definition) is 1. The van der Waals surface area contributed by atoms with Gasteiger partial charge in [0.25, 0.3) is 0 Å². The van der Waals surface area contributed by atoms with Gasteiger partial charge in [-0.25, -0.2) is 0 Å². The first-order chi connectivity index (χ1) is 7.28. The molecule has 1 atom stereocenters. The zero-order valence-corrected chi connectivity index (χ0v) is 11.3. The van der Waals surface area contributed by atoms with Crippen molar-refractivity contribution >= 4 is 0 Å². The van der Waals surface area contributed by atoms with Crippen LogP contribution in [0.15, 0.2) is 18.2 Å². The molecule has 0 aliphatic heterocycles. The Morgan fingerprint density at radius 3 is 2.06 bits per heavy atom. The van der Waals surface area contributed by atoms with Crippen LogP contribution in [0.4, 0.5) is 0 Å². The average Bonchev–Trinajstić information content (AvgIpc) is 1.95. The van der Waals surface area contributed by atoms with Crippen LogP contribution in [0.1, 0.15) is 43.9 Å². The van der Waals surface area contributed by atoms with E-state index in [1.54, 1.807) is 0 Å². The van der Waals surface area contributed by atoms with Crippen LogP contribution in [-0.4, -0.2) is 6.04 Å². The molecule has 0 aliphatic rings. The van der Waals surface area contributed by atoms with Crippen LogP contribution in [0.3, 0.4) is 0 Å². The van der Waals surface area contributed by atoms with Crippen LogP contribution in [0.5, 0.6) is 0 Å². The Labute approximate surface area is 100 Å². The second-order valence-corrected chi connectivity index (χ2v) is 6.02. The van der Waals surface area contributed by atoms with Gasteiger partial charge in [0.15, 0.2) is 0 Å². The van der Waals surface area contributed by atoms with E-state index in [9.17, 15) is 0 Å². The summed E-state index contributed by atoms with van der Waals surface area (Å²) in [7, 11) is 0. The molecule has 90 valence electrons. The molecule has 0 aromatic heterocycles. The smallest absolute Gasteiger partial charge is 0.00156 e. The van der Waals surface area contributed by atoms with E-state index in [0.717, 1.165) is 12.8 Å². The van der Waals surface area contributed by atoms with Gasteiger partial charge in [-0.3, -0.25) is 0 Å². The summed E-state index contributed by atoms with van der Waals surface area (Å²) in [5.41, 5.74) is 10.3. The Morgan fingerprint density at radius 2 is 1.62 bits per heavy atom. The van der Waals surface area contributed by atoms with Gasteiger partial charge in [-0.1, -0.05) is 43.2 Å². The highest BCUT2D eigenvalue weighted by Crippen LogP contribution is 2.27. The highest BCUT2D eigenvalue weighted by Gasteiger charge is 2.20. The fraction of sp³-hybridized carbons (Fsp3) is 0.600. The van der Waals surface area contributed by atoms with E-state index >= 15 is 0 Å². The van der Waals surface area contributed by atoms with Gasteiger partial charge in [-0.15, -0.1) is 0 Å². The van der Waals surface area contributed by atoms with Crippen LogP contribution >= 0.6 is 0 Å². The van der Waals surface area contributed by atoms with Crippen molar-refractivity contribution in [2.45, 2.75) is 53.5 Å². The minimum absolute atomic E-state index is 0.279. The SMILES string of the molecule is Cc1cc(C)cc(CC(C)(C)CC(C)N)c1. The van der Waals surface area contributed by atoms with E-state index in [0.29, 0.717) is 0 Å². The maximum Gasteiger partial charge on any atom is 0.00156 e. The van der Waals surface area contributed by atoms with Crippen molar-refractivity contribution < 1.29 is 0 Å². The number of rotatable bonds is 4. The molecule has 1 aromatic rings. The lowest BCUT2D eigenvalue weighted by atomic mass is 9.80. The molecule has 16 heavy (non-hydrogen) atoms. The second-order valence-electron chi connectivity index (χ2n) is 6.02. The van der Waals surface area contributed by atoms with Crippen LogP contribution < -0.4 is 5.73 Å². The van der Waals surface area contributed by atoms with Gasteiger partial charge in [-0.05, 0) is 44.6 Å². The van der Waals surface area contributed by atoms with Crippen molar-refractivity contribution in [3.05, 3.63) is 34.9 Å². The van der Waals surface area contributed by atoms with Crippen molar-refractivity contribution in [2.75, 3.05) is 0 Å². The number of nitrogens with two attached hydrogens (primary N) is 1. The van der Waals surface area contributed by atoms with Gasteiger partial charge in [0.2, 0.25) is 0 Å². The van der Waals surface area contributed by atoms with Crippen molar-refractivity contribution in [2.24, 2.45) is 11.1 Å². The molecule has 0 spiro atoms. The minimum atomic E-state index is 0.279. The quantitative estimate of drug-likeness (QED) is 0.822. The van der Waals surface area contributed by atoms with Crippen molar-refractivity contribution in [1.82, 2.24) is 0 Å². The molecule has 1 aromatic carbocycles. The predicted octanol–water partition coefficient (Wildman–Crippen LogP) is 3.61. The first kappa shape index (κ1) is 13.2. The predicted molar refractivity (Wildman–Crippen MR) is 71.7 cm³/mol. The van der Waals surface area contributed by atoms with Crippen LogP contribution in [0.25, 0.3) is 0 Å². The molecule has 1 rings (SSSR count). The van der Waals surface area contributed by atoms with E-state index in [-0.39, 0.29) is 11.5 Å². The minimum Gasteiger partial charge on any atom is -0.328 e. The third-order valence-electron chi connectivity index (χ3n) is 2.84. The molecule has 0 amide bonds. The summed E-state index contributed by atoms with van der Waals surface area (Å²) in [6.07, 6.45) is 2.18.